The number of rotatable bonds is 3. The van der Waals surface area contributed by atoms with Gasteiger partial charge in [-0.25, -0.2) is 9.88 Å². The maximum atomic E-state index is 12.1. The van der Waals surface area contributed by atoms with Gasteiger partial charge in [-0.1, -0.05) is 12.1 Å². The van der Waals surface area contributed by atoms with Crippen LogP contribution >= 0.6 is 0 Å². The zero-order valence-electron chi connectivity index (χ0n) is 11.0. The molecule has 5 heteroatoms. The molecule has 0 unspecified atom stereocenters. The number of amides is 2. The number of hydrogen-bond donors (Lipinski definition) is 1. The van der Waals surface area contributed by atoms with Crippen molar-refractivity contribution in [1.82, 2.24) is 4.90 Å². The molecule has 1 aliphatic heterocycles. The molecule has 0 bridgehead atoms. The summed E-state index contributed by atoms with van der Waals surface area (Å²) in [6, 6.07) is 10.7. The number of aromatic nitrogens is 1. The van der Waals surface area contributed by atoms with Gasteiger partial charge in [0.15, 0.2) is 6.67 Å². The zero-order chi connectivity index (χ0) is 14.1. The van der Waals surface area contributed by atoms with Crippen LogP contribution in [0.25, 0.3) is 0 Å². The lowest BCUT2D eigenvalue weighted by atomic mass is 10.1. The Kier molecular flexibility index (Phi) is 2.95. The van der Waals surface area contributed by atoms with E-state index in [0.717, 1.165) is 11.4 Å². The van der Waals surface area contributed by atoms with E-state index in [0.29, 0.717) is 11.1 Å². The second kappa shape index (κ2) is 4.77. The lowest BCUT2D eigenvalue weighted by Gasteiger charge is -2.11. The van der Waals surface area contributed by atoms with Crippen LogP contribution in [0.1, 0.15) is 26.3 Å². The van der Waals surface area contributed by atoms with Crippen molar-refractivity contribution in [1.29, 1.82) is 0 Å². The molecule has 0 spiro atoms. The SMILES string of the molecule is Cc1ccc(NCN2C(=O)c3ccccc3C2=O)[nH+]c1. The number of H-pyrrole nitrogens is 1. The van der Waals surface area contributed by atoms with E-state index in [2.05, 4.69) is 10.3 Å². The Balaban J connectivity index is 1.75. The first-order valence-corrected chi connectivity index (χ1v) is 6.34. The molecule has 0 saturated carbocycles. The number of nitrogens with zero attached hydrogens (tertiary/aromatic N) is 1. The molecule has 0 radical (unpaired) electrons. The van der Waals surface area contributed by atoms with Crippen LogP contribution in [0.15, 0.2) is 42.6 Å². The standard InChI is InChI=1S/C15H13N3O2/c1-10-6-7-13(16-8-10)17-9-18-14(19)11-4-2-3-5-12(11)15(18)20/h2-8H,9H2,1H3,(H,16,17)/p+1. The highest BCUT2D eigenvalue weighted by atomic mass is 16.2. The van der Waals surface area contributed by atoms with Crippen molar-refractivity contribution in [2.45, 2.75) is 6.92 Å². The second-order valence-electron chi connectivity index (χ2n) is 4.70. The predicted octanol–water partition coefficient (Wildman–Crippen LogP) is 1.47. The third-order valence-corrected chi connectivity index (χ3v) is 3.27. The van der Waals surface area contributed by atoms with E-state index < -0.39 is 0 Å². The number of fused-ring (bicyclic) bond motifs is 1. The first kappa shape index (κ1) is 12.3. The number of pyridine rings is 1. The van der Waals surface area contributed by atoms with Crippen molar-refractivity contribution in [2.24, 2.45) is 0 Å². The molecule has 2 N–H and O–H groups in total. The minimum absolute atomic E-state index is 0.145. The van der Waals surface area contributed by atoms with E-state index in [1.807, 2.05) is 25.3 Å². The summed E-state index contributed by atoms with van der Waals surface area (Å²) in [5.74, 6) is 0.238. The maximum Gasteiger partial charge on any atom is 0.273 e. The number of carbonyl (C=O) groups is 2. The van der Waals surface area contributed by atoms with E-state index in [1.165, 1.54) is 4.90 Å². The summed E-state index contributed by atoms with van der Waals surface area (Å²) < 4.78 is 0. The Morgan fingerprint density at radius 3 is 2.25 bits per heavy atom. The van der Waals surface area contributed by atoms with Crippen molar-refractivity contribution < 1.29 is 14.6 Å². The summed E-state index contributed by atoms with van der Waals surface area (Å²) in [5.41, 5.74) is 2.04. The van der Waals surface area contributed by atoms with Gasteiger partial charge in [-0.3, -0.25) is 14.9 Å². The first-order valence-electron chi connectivity index (χ1n) is 6.34. The summed E-state index contributed by atoms with van der Waals surface area (Å²) in [4.78, 5) is 28.5. The van der Waals surface area contributed by atoms with Crippen molar-refractivity contribution in [3.8, 4) is 0 Å². The average Bonchev–Trinajstić information content (AvgIpc) is 2.71. The van der Waals surface area contributed by atoms with Crippen LogP contribution < -0.4 is 10.3 Å². The van der Waals surface area contributed by atoms with Crippen molar-refractivity contribution in [3.63, 3.8) is 0 Å². The monoisotopic (exact) mass is 268 g/mol. The maximum absolute atomic E-state index is 12.1. The number of imide groups is 1. The Labute approximate surface area is 116 Å². The molecule has 5 nitrogen and oxygen atoms in total. The van der Waals surface area contributed by atoms with Gasteiger partial charge in [0, 0.05) is 6.07 Å². The second-order valence-corrected chi connectivity index (χ2v) is 4.70. The molecule has 0 aliphatic carbocycles. The Bertz CT molecular complexity index is 645. The van der Waals surface area contributed by atoms with E-state index in [9.17, 15) is 9.59 Å². The van der Waals surface area contributed by atoms with Gasteiger partial charge >= 0.3 is 0 Å². The number of aromatic amines is 1. The van der Waals surface area contributed by atoms with Gasteiger partial charge in [0.2, 0.25) is 0 Å². The highest BCUT2D eigenvalue weighted by Crippen LogP contribution is 2.21. The van der Waals surface area contributed by atoms with Crippen LogP contribution in [0.4, 0.5) is 5.82 Å². The van der Waals surface area contributed by atoms with E-state index in [4.69, 9.17) is 0 Å². The quantitative estimate of drug-likeness (QED) is 0.857. The van der Waals surface area contributed by atoms with Crippen molar-refractivity contribution in [2.75, 3.05) is 12.0 Å². The van der Waals surface area contributed by atoms with Crippen molar-refractivity contribution >= 4 is 17.6 Å². The van der Waals surface area contributed by atoms with Gasteiger partial charge in [0.05, 0.1) is 17.3 Å². The first-order chi connectivity index (χ1) is 9.66. The smallest absolute Gasteiger partial charge is 0.268 e. The third-order valence-electron chi connectivity index (χ3n) is 3.27. The number of nitrogens with one attached hydrogen (secondary N) is 2. The van der Waals surface area contributed by atoms with Crippen LogP contribution in [0.5, 0.6) is 0 Å². The molecule has 1 aliphatic rings. The molecule has 2 amide bonds. The molecule has 1 aromatic carbocycles. The Morgan fingerprint density at radius 1 is 1.05 bits per heavy atom. The molecule has 3 rings (SSSR count). The molecule has 20 heavy (non-hydrogen) atoms. The lowest BCUT2D eigenvalue weighted by Crippen LogP contribution is -2.35. The Hall–Kier alpha value is -2.69. The molecular weight excluding hydrogens is 254 g/mol. The Morgan fingerprint density at radius 2 is 1.70 bits per heavy atom. The fourth-order valence-electron chi connectivity index (χ4n) is 2.16. The van der Waals surface area contributed by atoms with E-state index >= 15 is 0 Å². The predicted molar refractivity (Wildman–Crippen MR) is 73.2 cm³/mol. The lowest BCUT2D eigenvalue weighted by molar-refractivity contribution is -0.361. The highest BCUT2D eigenvalue weighted by Gasteiger charge is 2.35. The van der Waals surface area contributed by atoms with Gasteiger partial charge in [-0.2, -0.15) is 0 Å². The number of hydrogen-bond acceptors (Lipinski definition) is 3. The summed E-state index contributed by atoms with van der Waals surface area (Å²) in [7, 11) is 0. The minimum atomic E-state index is -0.259. The average molecular weight is 268 g/mol. The van der Waals surface area contributed by atoms with E-state index in [1.54, 1.807) is 24.3 Å². The number of carbonyl (C=O) groups excluding carboxylic acids is 2. The molecular formula is C15H14N3O2+. The van der Waals surface area contributed by atoms with Crippen molar-refractivity contribution in [3.05, 3.63) is 59.3 Å². The summed E-state index contributed by atoms with van der Waals surface area (Å²) >= 11 is 0. The van der Waals surface area contributed by atoms with Gasteiger partial charge in [-0.05, 0) is 30.7 Å². The number of benzene rings is 1. The largest absolute Gasteiger partial charge is 0.273 e. The topological polar surface area (TPSA) is 63.6 Å². The molecule has 0 atom stereocenters. The van der Waals surface area contributed by atoms with Crippen LogP contribution in [-0.2, 0) is 0 Å². The molecule has 1 aromatic heterocycles. The van der Waals surface area contributed by atoms with Gasteiger partial charge in [-0.15, -0.1) is 0 Å². The van der Waals surface area contributed by atoms with Gasteiger partial charge in [0.1, 0.15) is 0 Å². The molecule has 0 saturated heterocycles. The summed E-state index contributed by atoms with van der Waals surface area (Å²) in [6.45, 7) is 2.12. The summed E-state index contributed by atoms with van der Waals surface area (Å²) in [6.07, 6.45) is 1.85. The highest BCUT2D eigenvalue weighted by molar-refractivity contribution is 6.21. The third kappa shape index (κ3) is 2.03. The zero-order valence-corrected chi connectivity index (χ0v) is 11.0. The van der Waals surface area contributed by atoms with Crippen LogP contribution in [0, 0.1) is 6.92 Å². The van der Waals surface area contributed by atoms with Crippen LogP contribution in [0.2, 0.25) is 0 Å². The normalized spacial score (nSPS) is 13.6. The fraction of sp³-hybridized carbons (Fsp3) is 0.133. The minimum Gasteiger partial charge on any atom is -0.268 e. The van der Waals surface area contributed by atoms with Gasteiger partial charge < -0.3 is 0 Å². The number of aryl methyl sites for hydroxylation is 1. The summed E-state index contributed by atoms with van der Waals surface area (Å²) in [5, 5.41) is 3.04. The fourth-order valence-corrected chi connectivity index (χ4v) is 2.16. The van der Waals surface area contributed by atoms with Crippen LogP contribution in [0.3, 0.4) is 0 Å². The van der Waals surface area contributed by atoms with Gasteiger partial charge in [0.25, 0.3) is 17.6 Å². The number of anilines is 1. The molecule has 100 valence electrons. The van der Waals surface area contributed by atoms with Crippen LogP contribution in [-0.4, -0.2) is 23.4 Å². The molecule has 2 heterocycles. The molecule has 0 fully saturated rings. The molecule has 2 aromatic rings. The van der Waals surface area contributed by atoms with E-state index in [-0.39, 0.29) is 18.5 Å².